The van der Waals surface area contributed by atoms with Crippen LogP contribution in [0.1, 0.15) is 24.2 Å². The third-order valence-corrected chi connectivity index (χ3v) is 2.89. The lowest BCUT2D eigenvalue weighted by Crippen LogP contribution is -2.44. The Kier molecular flexibility index (Phi) is 3.12. The minimum Gasteiger partial charge on any atom is -0.383 e. The van der Waals surface area contributed by atoms with Gasteiger partial charge in [0.15, 0.2) is 0 Å². The van der Waals surface area contributed by atoms with Crippen LogP contribution < -0.4 is 16.4 Å². The lowest BCUT2D eigenvalue weighted by molar-refractivity contribution is -0.123. The fourth-order valence-electron chi connectivity index (χ4n) is 1.87. The first kappa shape index (κ1) is 11.6. The molecule has 1 amide bonds. The van der Waals surface area contributed by atoms with Gasteiger partial charge in [-0.05, 0) is 26.7 Å². The summed E-state index contributed by atoms with van der Waals surface area (Å²) in [7, 11) is 0. The molecule has 4 N–H and O–H groups in total. The molecular formula is C11H17N5O. The van der Waals surface area contributed by atoms with E-state index in [4.69, 9.17) is 5.73 Å². The molecule has 2 rings (SSSR count). The van der Waals surface area contributed by atoms with E-state index >= 15 is 0 Å². The van der Waals surface area contributed by atoms with E-state index in [1.54, 1.807) is 6.92 Å². The van der Waals surface area contributed by atoms with Crippen LogP contribution in [0.3, 0.4) is 0 Å². The third-order valence-electron chi connectivity index (χ3n) is 2.89. The molecule has 0 aromatic carbocycles. The number of carbonyl (C=O) groups excluding carboxylic acids is 1. The number of aromatic nitrogens is 2. The first-order valence-corrected chi connectivity index (χ1v) is 5.73. The Hall–Kier alpha value is -1.85. The SMILES string of the molecule is Cc1nc(N)c(C)c(NC2CCCNC2=O)n1. The molecule has 1 aliphatic rings. The minimum atomic E-state index is -0.226. The number of hydrogen-bond donors (Lipinski definition) is 3. The number of nitrogens with one attached hydrogen (secondary N) is 2. The van der Waals surface area contributed by atoms with Crippen LogP contribution in [0.2, 0.25) is 0 Å². The summed E-state index contributed by atoms with van der Waals surface area (Å²) in [6, 6.07) is -0.226. The Morgan fingerprint density at radius 2 is 2.18 bits per heavy atom. The van der Waals surface area contributed by atoms with Crippen LogP contribution >= 0.6 is 0 Å². The Bertz CT molecular complexity index is 446. The number of rotatable bonds is 2. The van der Waals surface area contributed by atoms with Gasteiger partial charge in [-0.1, -0.05) is 0 Å². The second-order valence-electron chi connectivity index (χ2n) is 4.26. The van der Waals surface area contributed by atoms with E-state index < -0.39 is 0 Å². The summed E-state index contributed by atoms with van der Waals surface area (Å²) in [6.07, 6.45) is 1.79. The van der Waals surface area contributed by atoms with E-state index in [2.05, 4.69) is 20.6 Å². The van der Waals surface area contributed by atoms with Crippen LogP contribution in [0.25, 0.3) is 0 Å². The van der Waals surface area contributed by atoms with E-state index in [1.807, 2.05) is 6.92 Å². The standard InChI is InChI=1S/C11H17N5O/c1-6-9(12)14-7(2)15-10(6)16-8-4-3-5-13-11(8)17/h8H,3-5H2,1-2H3,(H,13,17)(H3,12,14,15,16). The molecule has 2 heterocycles. The number of nitrogens with zero attached hydrogens (tertiary/aromatic N) is 2. The molecule has 0 saturated carbocycles. The van der Waals surface area contributed by atoms with Gasteiger partial charge in [0.25, 0.3) is 0 Å². The quantitative estimate of drug-likeness (QED) is 0.688. The minimum absolute atomic E-state index is 0.0190. The molecule has 1 aromatic rings. The average molecular weight is 235 g/mol. The van der Waals surface area contributed by atoms with Gasteiger partial charge < -0.3 is 16.4 Å². The van der Waals surface area contributed by atoms with Crippen molar-refractivity contribution in [2.75, 3.05) is 17.6 Å². The van der Waals surface area contributed by atoms with E-state index in [0.717, 1.165) is 24.9 Å². The highest BCUT2D eigenvalue weighted by molar-refractivity contribution is 5.85. The summed E-state index contributed by atoms with van der Waals surface area (Å²) < 4.78 is 0. The topological polar surface area (TPSA) is 92.9 Å². The number of hydrogen-bond acceptors (Lipinski definition) is 5. The summed E-state index contributed by atoms with van der Waals surface area (Å²) in [4.78, 5) is 20.0. The number of carbonyl (C=O) groups is 1. The summed E-state index contributed by atoms with van der Waals surface area (Å²) in [5, 5.41) is 5.96. The normalized spacial score (nSPS) is 19.9. The first-order chi connectivity index (χ1) is 8.08. The lowest BCUT2D eigenvalue weighted by Gasteiger charge is -2.24. The maximum absolute atomic E-state index is 11.6. The van der Waals surface area contributed by atoms with Gasteiger partial charge in [0.2, 0.25) is 5.91 Å². The molecule has 0 radical (unpaired) electrons. The van der Waals surface area contributed by atoms with Crippen molar-refractivity contribution in [2.24, 2.45) is 0 Å². The molecule has 1 aromatic heterocycles. The van der Waals surface area contributed by atoms with Gasteiger partial charge in [-0.25, -0.2) is 9.97 Å². The molecule has 17 heavy (non-hydrogen) atoms. The fraction of sp³-hybridized carbons (Fsp3) is 0.545. The van der Waals surface area contributed by atoms with Gasteiger partial charge in [0.05, 0.1) is 0 Å². The molecular weight excluding hydrogens is 218 g/mol. The molecule has 0 aliphatic carbocycles. The van der Waals surface area contributed by atoms with Crippen LogP contribution in [0.5, 0.6) is 0 Å². The van der Waals surface area contributed by atoms with Crippen molar-refractivity contribution >= 4 is 17.5 Å². The van der Waals surface area contributed by atoms with Crippen LogP contribution in [-0.2, 0) is 4.79 Å². The van der Waals surface area contributed by atoms with Crippen molar-refractivity contribution in [3.8, 4) is 0 Å². The highest BCUT2D eigenvalue weighted by Crippen LogP contribution is 2.19. The largest absolute Gasteiger partial charge is 0.383 e. The smallest absolute Gasteiger partial charge is 0.242 e. The summed E-state index contributed by atoms with van der Waals surface area (Å²) in [5.41, 5.74) is 6.56. The Morgan fingerprint density at radius 1 is 1.41 bits per heavy atom. The summed E-state index contributed by atoms with van der Waals surface area (Å²) in [6.45, 7) is 4.38. The lowest BCUT2D eigenvalue weighted by atomic mass is 10.1. The second-order valence-corrected chi connectivity index (χ2v) is 4.26. The molecule has 6 heteroatoms. The van der Waals surface area contributed by atoms with Crippen molar-refractivity contribution < 1.29 is 4.79 Å². The highest BCUT2D eigenvalue weighted by atomic mass is 16.2. The first-order valence-electron chi connectivity index (χ1n) is 5.73. The van der Waals surface area contributed by atoms with Crippen molar-refractivity contribution in [1.29, 1.82) is 0 Å². The number of piperidine rings is 1. The third kappa shape index (κ3) is 2.46. The molecule has 1 unspecified atom stereocenters. The van der Waals surface area contributed by atoms with Gasteiger partial charge in [-0.2, -0.15) is 0 Å². The molecule has 92 valence electrons. The summed E-state index contributed by atoms with van der Waals surface area (Å²) in [5.74, 6) is 1.73. The van der Waals surface area contributed by atoms with Crippen LogP contribution in [0.15, 0.2) is 0 Å². The molecule has 0 bridgehead atoms. The molecule has 1 saturated heterocycles. The van der Waals surface area contributed by atoms with Gasteiger partial charge in [-0.3, -0.25) is 4.79 Å². The zero-order valence-electron chi connectivity index (χ0n) is 10.1. The predicted octanol–water partition coefficient (Wildman–Crippen LogP) is 0.366. The fourth-order valence-corrected chi connectivity index (χ4v) is 1.87. The Morgan fingerprint density at radius 3 is 2.88 bits per heavy atom. The van der Waals surface area contributed by atoms with E-state index in [9.17, 15) is 4.79 Å². The number of aryl methyl sites for hydroxylation is 1. The van der Waals surface area contributed by atoms with Crippen LogP contribution in [0, 0.1) is 13.8 Å². The number of nitrogen functional groups attached to an aromatic ring is 1. The molecule has 6 nitrogen and oxygen atoms in total. The maximum atomic E-state index is 11.6. The second kappa shape index (κ2) is 4.57. The number of amides is 1. The van der Waals surface area contributed by atoms with Crippen molar-refractivity contribution in [3.05, 3.63) is 11.4 Å². The zero-order chi connectivity index (χ0) is 12.4. The Labute approximate surface area is 100 Å². The predicted molar refractivity (Wildman–Crippen MR) is 65.6 cm³/mol. The van der Waals surface area contributed by atoms with Gasteiger partial charge in [0, 0.05) is 12.1 Å². The van der Waals surface area contributed by atoms with Crippen LogP contribution in [-0.4, -0.2) is 28.5 Å². The zero-order valence-corrected chi connectivity index (χ0v) is 10.1. The Balaban J connectivity index is 2.20. The highest BCUT2D eigenvalue weighted by Gasteiger charge is 2.23. The number of anilines is 2. The summed E-state index contributed by atoms with van der Waals surface area (Å²) >= 11 is 0. The molecule has 1 aliphatic heterocycles. The van der Waals surface area contributed by atoms with E-state index in [1.165, 1.54) is 0 Å². The average Bonchev–Trinajstić information content (AvgIpc) is 2.28. The van der Waals surface area contributed by atoms with Crippen molar-refractivity contribution in [1.82, 2.24) is 15.3 Å². The van der Waals surface area contributed by atoms with Crippen LogP contribution in [0.4, 0.5) is 11.6 Å². The van der Waals surface area contributed by atoms with E-state index in [0.29, 0.717) is 17.5 Å². The van der Waals surface area contributed by atoms with E-state index in [-0.39, 0.29) is 11.9 Å². The van der Waals surface area contributed by atoms with Gasteiger partial charge in [0.1, 0.15) is 23.5 Å². The van der Waals surface area contributed by atoms with Crippen molar-refractivity contribution in [3.63, 3.8) is 0 Å². The maximum Gasteiger partial charge on any atom is 0.242 e. The molecule has 0 spiro atoms. The van der Waals surface area contributed by atoms with Gasteiger partial charge >= 0.3 is 0 Å². The number of nitrogens with two attached hydrogens (primary N) is 1. The monoisotopic (exact) mass is 235 g/mol. The molecule has 1 atom stereocenters. The van der Waals surface area contributed by atoms with Gasteiger partial charge in [-0.15, -0.1) is 0 Å². The van der Waals surface area contributed by atoms with Crippen molar-refractivity contribution in [2.45, 2.75) is 32.7 Å². The molecule has 1 fully saturated rings.